The molecular weight excluding hydrogens is 326 g/mol. The van der Waals surface area contributed by atoms with Crippen LogP contribution in [0.1, 0.15) is 5.56 Å². The van der Waals surface area contributed by atoms with E-state index < -0.39 is 0 Å². The third kappa shape index (κ3) is 5.10. The Kier molecular flexibility index (Phi) is 6.28. The van der Waals surface area contributed by atoms with Gasteiger partial charge >= 0.3 is 6.03 Å². The van der Waals surface area contributed by atoms with Crippen LogP contribution < -0.4 is 15.0 Å². The van der Waals surface area contributed by atoms with Gasteiger partial charge in [-0.3, -0.25) is 0 Å². The van der Waals surface area contributed by atoms with Gasteiger partial charge < -0.3 is 19.9 Å². The number of carbonyl (C=O) groups excluding carboxylic acids is 1. The fourth-order valence-electron chi connectivity index (χ4n) is 3.03. The summed E-state index contributed by atoms with van der Waals surface area (Å²) in [6.07, 6.45) is 4.38. The van der Waals surface area contributed by atoms with Crippen LogP contribution in [0.25, 0.3) is 6.08 Å². The number of carbonyl (C=O) groups is 1. The molecule has 1 heterocycles. The van der Waals surface area contributed by atoms with Gasteiger partial charge in [-0.05, 0) is 35.9 Å². The fraction of sp³-hybridized carbons (Fsp3) is 0.286. The van der Waals surface area contributed by atoms with Crippen molar-refractivity contribution in [1.82, 2.24) is 4.90 Å². The molecule has 0 bridgehead atoms. The van der Waals surface area contributed by atoms with Gasteiger partial charge in [0.15, 0.2) is 0 Å². The van der Waals surface area contributed by atoms with Gasteiger partial charge in [0.25, 0.3) is 0 Å². The summed E-state index contributed by atoms with van der Waals surface area (Å²) in [4.78, 5) is 15.8. The number of hydrogen-bond acceptors (Lipinski definition) is 2. The van der Waals surface area contributed by atoms with Crippen molar-refractivity contribution in [3.63, 3.8) is 0 Å². The lowest BCUT2D eigenvalue weighted by atomic mass is 10.2. The molecule has 0 saturated carbocycles. The average Bonchev–Trinajstić information content (AvgIpc) is 2.70. The average molecular weight is 352 g/mol. The quantitative estimate of drug-likeness (QED) is 0.866. The number of rotatable bonds is 5. The molecule has 0 atom stereocenters. The monoisotopic (exact) mass is 352 g/mol. The molecule has 5 heteroatoms. The first-order chi connectivity index (χ1) is 12.7. The van der Waals surface area contributed by atoms with E-state index in [0.29, 0.717) is 0 Å². The molecule has 1 aliphatic rings. The van der Waals surface area contributed by atoms with Crippen LogP contribution in [-0.4, -0.2) is 50.8 Å². The van der Waals surface area contributed by atoms with E-state index in [0.717, 1.165) is 44.2 Å². The maximum absolute atomic E-state index is 12.4. The number of urea groups is 1. The van der Waals surface area contributed by atoms with Gasteiger partial charge in [-0.25, -0.2) is 4.79 Å². The molecular formula is C21H26N3O2+. The lowest BCUT2D eigenvalue weighted by Crippen LogP contribution is -3.14. The lowest BCUT2D eigenvalue weighted by Gasteiger charge is -2.31. The van der Waals surface area contributed by atoms with Crippen molar-refractivity contribution in [1.29, 1.82) is 0 Å². The Morgan fingerprint density at radius 3 is 2.46 bits per heavy atom. The highest BCUT2D eigenvalue weighted by Crippen LogP contribution is 2.15. The summed E-state index contributed by atoms with van der Waals surface area (Å²) in [6, 6.07) is 17.7. The second-order valence-electron chi connectivity index (χ2n) is 6.41. The van der Waals surface area contributed by atoms with Crippen LogP contribution in [0.2, 0.25) is 0 Å². The van der Waals surface area contributed by atoms with Crippen LogP contribution in [0.4, 0.5) is 10.5 Å². The Balaban J connectivity index is 1.42. The number of amides is 2. The molecule has 1 saturated heterocycles. The highest BCUT2D eigenvalue weighted by atomic mass is 16.5. The van der Waals surface area contributed by atoms with E-state index in [1.54, 1.807) is 7.11 Å². The Hall–Kier alpha value is -2.79. The van der Waals surface area contributed by atoms with Crippen molar-refractivity contribution in [3.8, 4) is 5.75 Å². The number of quaternary nitrogens is 1. The van der Waals surface area contributed by atoms with Crippen LogP contribution in [0.15, 0.2) is 60.7 Å². The number of nitrogens with zero attached hydrogens (tertiary/aromatic N) is 1. The molecule has 2 amide bonds. The SMILES string of the molecule is COc1ccc(NC(=O)N2CC[NH+](CC=Cc3ccccc3)CC2)cc1. The minimum Gasteiger partial charge on any atom is -0.497 e. The van der Waals surface area contributed by atoms with Gasteiger partial charge in [0.05, 0.1) is 39.8 Å². The van der Waals surface area contributed by atoms with Gasteiger partial charge in [-0.15, -0.1) is 0 Å². The molecule has 0 radical (unpaired) electrons. The summed E-state index contributed by atoms with van der Waals surface area (Å²) in [6.45, 7) is 4.47. The van der Waals surface area contributed by atoms with E-state index in [4.69, 9.17) is 4.74 Å². The van der Waals surface area contributed by atoms with Crippen molar-refractivity contribution in [2.45, 2.75) is 0 Å². The number of hydrogen-bond donors (Lipinski definition) is 2. The van der Waals surface area contributed by atoms with E-state index in [9.17, 15) is 4.79 Å². The largest absolute Gasteiger partial charge is 0.497 e. The second kappa shape index (κ2) is 9.06. The Morgan fingerprint density at radius 1 is 1.12 bits per heavy atom. The second-order valence-corrected chi connectivity index (χ2v) is 6.41. The molecule has 1 fully saturated rings. The minimum absolute atomic E-state index is 0.0333. The first kappa shape index (κ1) is 18.0. The molecule has 1 aliphatic heterocycles. The molecule has 0 unspecified atom stereocenters. The zero-order valence-corrected chi connectivity index (χ0v) is 15.2. The zero-order chi connectivity index (χ0) is 18.2. The number of anilines is 1. The lowest BCUT2D eigenvalue weighted by molar-refractivity contribution is -0.898. The normalized spacial score (nSPS) is 15.2. The molecule has 0 spiro atoms. The van der Waals surface area contributed by atoms with Gasteiger partial charge in [-0.2, -0.15) is 0 Å². The van der Waals surface area contributed by atoms with Crippen LogP contribution in [0, 0.1) is 0 Å². The van der Waals surface area contributed by atoms with Crippen molar-refractivity contribution < 1.29 is 14.4 Å². The number of piperazine rings is 1. The van der Waals surface area contributed by atoms with E-state index in [1.807, 2.05) is 47.4 Å². The summed E-state index contributed by atoms with van der Waals surface area (Å²) in [5.41, 5.74) is 2.01. The zero-order valence-electron chi connectivity index (χ0n) is 15.2. The fourth-order valence-corrected chi connectivity index (χ4v) is 3.03. The van der Waals surface area contributed by atoms with E-state index >= 15 is 0 Å². The van der Waals surface area contributed by atoms with Crippen LogP contribution >= 0.6 is 0 Å². The summed E-state index contributed by atoms with van der Waals surface area (Å²) >= 11 is 0. The van der Waals surface area contributed by atoms with Crippen molar-refractivity contribution in [2.75, 3.05) is 45.2 Å². The van der Waals surface area contributed by atoms with Gasteiger partial charge in [-0.1, -0.05) is 36.4 Å². The van der Waals surface area contributed by atoms with E-state index in [-0.39, 0.29) is 6.03 Å². The van der Waals surface area contributed by atoms with Gasteiger partial charge in [0.2, 0.25) is 0 Å². The molecule has 5 nitrogen and oxygen atoms in total. The molecule has 3 rings (SSSR count). The smallest absolute Gasteiger partial charge is 0.322 e. The third-order valence-electron chi connectivity index (χ3n) is 4.62. The molecule has 26 heavy (non-hydrogen) atoms. The third-order valence-corrected chi connectivity index (χ3v) is 4.62. The number of nitrogens with one attached hydrogen (secondary N) is 2. The molecule has 136 valence electrons. The summed E-state index contributed by atoms with van der Waals surface area (Å²) < 4.78 is 5.13. The predicted molar refractivity (Wildman–Crippen MR) is 105 cm³/mol. The predicted octanol–water partition coefficient (Wildman–Crippen LogP) is 2.14. The molecule has 2 N–H and O–H groups in total. The van der Waals surface area contributed by atoms with Crippen molar-refractivity contribution >= 4 is 17.8 Å². The highest BCUT2D eigenvalue weighted by molar-refractivity contribution is 5.89. The minimum atomic E-state index is -0.0333. The van der Waals surface area contributed by atoms with E-state index in [2.05, 4.69) is 29.6 Å². The molecule has 2 aromatic rings. The molecule has 0 aliphatic carbocycles. The van der Waals surface area contributed by atoms with Gasteiger partial charge in [0.1, 0.15) is 5.75 Å². The van der Waals surface area contributed by atoms with Gasteiger partial charge in [0, 0.05) is 5.69 Å². The van der Waals surface area contributed by atoms with Crippen LogP contribution in [0.5, 0.6) is 5.75 Å². The Morgan fingerprint density at radius 2 is 1.81 bits per heavy atom. The number of benzene rings is 2. The maximum atomic E-state index is 12.4. The first-order valence-electron chi connectivity index (χ1n) is 9.00. The number of methoxy groups -OCH3 is 1. The summed E-state index contributed by atoms with van der Waals surface area (Å²) in [5.74, 6) is 0.781. The Labute approximate surface area is 154 Å². The molecule has 0 aromatic heterocycles. The van der Waals surface area contributed by atoms with Crippen molar-refractivity contribution in [2.24, 2.45) is 0 Å². The summed E-state index contributed by atoms with van der Waals surface area (Å²) in [7, 11) is 1.63. The molecule has 2 aromatic carbocycles. The van der Waals surface area contributed by atoms with Crippen LogP contribution in [0.3, 0.4) is 0 Å². The highest BCUT2D eigenvalue weighted by Gasteiger charge is 2.22. The topological polar surface area (TPSA) is 46.0 Å². The Bertz CT molecular complexity index is 721. The number of ether oxygens (including phenoxy) is 1. The van der Waals surface area contributed by atoms with Crippen molar-refractivity contribution in [3.05, 3.63) is 66.2 Å². The standard InChI is InChI=1S/C21H25N3O2/c1-26-20-11-9-19(10-12-20)22-21(25)24-16-14-23(15-17-24)13-5-8-18-6-3-2-4-7-18/h2-12H,13-17H2,1H3,(H,22,25)/p+1. The van der Waals surface area contributed by atoms with E-state index in [1.165, 1.54) is 10.5 Å². The maximum Gasteiger partial charge on any atom is 0.322 e. The first-order valence-corrected chi connectivity index (χ1v) is 9.00. The summed E-state index contributed by atoms with van der Waals surface area (Å²) in [5, 5.41) is 2.95. The van der Waals surface area contributed by atoms with Crippen LogP contribution in [-0.2, 0) is 0 Å².